The Balaban J connectivity index is 3.06. The number of hydrogen-bond acceptors (Lipinski definition) is 5. The van der Waals surface area contributed by atoms with E-state index < -0.39 is 20.8 Å². The molecular formula is C10H12Cl2N2O4S. The summed E-state index contributed by atoms with van der Waals surface area (Å²) in [7, 11) is -3.19. The number of nitrogens with zero attached hydrogens (tertiary/aromatic N) is 1. The summed E-state index contributed by atoms with van der Waals surface area (Å²) in [6, 6.07) is 1.94. The van der Waals surface area contributed by atoms with Gasteiger partial charge in [0.05, 0.1) is 20.7 Å². The van der Waals surface area contributed by atoms with Gasteiger partial charge in [0.15, 0.2) is 0 Å². The van der Waals surface area contributed by atoms with Crippen molar-refractivity contribution in [2.24, 2.45) is 0 Å². The van der Waals surface area contributed by atoms with Crippen molar-refractivity contribution in [3.63, 3.8) is 0 Å². The van der Waals surface area contributed by atoms with Crippen molar-refractivity contribution in [1.82, 2.24) is 0 Å². The van der Waals surface area contributed by atoms with Gasteiger partial charge in [-0.3, -0.25) is 10.1 Å². The predicted molar refractivity (Wildman–Crippen MR) is 75.9 cm³/mol. The third-order valence-corrected chi connectivity index (χ3v) is 4.02. The molecule has 0 bridgehead atoms. The number of rotatable bonds is 5. The second-order valence-electron chi connectivity index (χ2n) is 4.18. The first kappa shape index (κ1) is 16.0. The average molecular weight is 327 g/mol. The standard InChI is InChI=1S/C10H12Cl2N2O4S/c1-6(5-19(2,17)18)13-9-3-7(11)8(12)4-10(9)14(15)16/h3-4,6,13H,5H2,1-2H3. The summed E-state index contributed by atoms with van der Waals surface area (Å²) < 4.78 is 22.3. The zero-order chi connectivity index (χ0) is 14.8. The first-order valence-corrected chi connectivity index (χ1v) is 7.99. The fraction of sp³-hybridized carbons (Fsp3) is 0.400. The second-order valence-corrected chi connectivity index (χ2v) is 7.18. The molecule has 1 atom stereocenters. The zero-order valence-electron chi connectivity index (χ0n) is 10.2. The van der Waals surface area contributed by atoms with Crippen LogP contribution in [0, 0.1) is 10.1 Å². The van der Waals surface area contributed by atoms with Crippen LogP contribution >= 0.6 is 23.2 Å². The van der Waals surface area contributed by atoms with Crippen LogP contribution in [0.2, 0.25) is 10.0 Å². The van der Waals surface area contributed by atoms with E-state index in [0.717, 1.165) is 12.3 Å². The average Bonchev–Trinajstić information content (AvgIpc) is 2.19. The van der Waals surface area contributed by atoms with Crippen LogP contribution in [0.1, 0.15) is 6.92 Å². The molecule has 1 unspecified atom stereocenters. The van der Waals surface area contributed by atoms with Gasteiger partial charge in [0.25, 0.3) is 5.69 Å². The highest BCUT2D eigenvalue weighted by atomic mass is 35.5. The number of anilines is 1. The Kier molecular flexibility index (Phi) is 5.00. The molecule has 0 heterocycles. The molecular weight excluding hydrogens is 315 g/mol. The Morgan fingerprint density at radius 3 is 2.37 bits per heavy atom. The summed E-state index contributed by atoms with van der Waals surface area (Å²) in [6.07, 6.45) is 1.09. The first-order valence-electron chi connectivity index (χ1n) is 5.18. The molecule has 106 valence electrons. The summed E-state index contributed by atoms with van der Waals surface area (Å²) in [5.41, 5.74) is -0.120. The summed E-state index contributed by atoms with van der Waals surface area (Å²) in [4.78, 5) is 10.3. The molecule has 19 heavy (non-hydrogen) atoms. The maximum Gasteiger partial charge on any atom is 0.293 e. The largest absolute Gasteiger partial charge is 0.376 e. The lowest BCUT2D eigenvalue weighted by Crippen LogP contribution is -2.25. The quantitative estimate of drug-likeness (QED) is 0.663. The number of sulfone groups is 1. The van der Waals surface area contributed by atoms with Crippen molar-refractivity contribution < 1.29 is 13.3 Å². The molecule has 0 aromatic heterocycles. The molecule has 0 aliphatic rings. The minimum absolute atomic E-state index is 0.0645. The number of benzene rings is 1. The molecule has 1 N–H and O–H groups in total. The van der Waals surface area contributed by atoms with E-state index in [1.807, 2.05) is 0 Å². The molecule has 1 rings (SSSR count). The monoisotopic (exact) mass is 326 g/mol. The number of halogens is 2. The third-order valence-electron chi connectivity index (χ3n) is 2.19. The van der Waals surface area contributed by atoms with Gasteiger partial charge in [-0.2, -0.15) is 0 Å². The van der Waals surface area contributed by atoms with Crippen LogP contribution in [0.15, 0.2) is 12.1 Å². The van der Waals surface area contributed by atoms with Crippen LogP contribution in [0.3, 0.4) is 0 Å². The van der Waals surface area contributed by atoms with E-state index in [-0.39, 0.29) is 27.2 Å². The van der Waals surface area contributed by atoms with E-state index in [1.54, 1.807) is 6.92 Å². The molecule has 0 aliphatic heterocycles. The van der Waals surface area contributed by atoms with Gasteiger partial charge in [-0.25, -0.2) is 8.42 Å². The highest BCUT2D eigenvalue weighted by Crippen LogP contribution is 2.34. The van der Waals surface area contributed by atoms with Gasteiger partial charge >= 0.3 is 0 Å². The van der Waals surface area contributed by atoms with Gasteiger partial charge in [-0.05, 0) is 13.0 Å². The van der Waals surface area contributed by atoms with Gasteiger partial charge in [0.2, 0.25) is 0 Å². The Morgan fingerprint density at radius 1 is 1.37 bits per heavy atom. The van der Waals surface area contributed by atoms with Crippen LogP contribution in [-0.4, -0.2) is 31.4 Å². The lowest BCUT2D eigenvalue weighted by Gasteiger charge is -2.14. The molecule has 1 aromatic carbocycles. The topological polar surface area (TPSA) is 89.3 Å². The lowest BCUT2D eigenvalue weighted by atomic mass is 10.2. The number of nitrogens with one attached hydrogen (secondary N) is 1. The molecule has 6 nitrogen and oxygen atoms in total. The molecule has 0 amide bonds. The van der Waals surface area contributed by atoms with Gasteiger partial charge in [0.1, 0.15) is 15.5 Å². The predicted octanol–water partition coefficient (Wildman–Crippen LogP) is 2.75. The molecule has 0 spiro atoms. The van der Waals surface area contributed by atoms with Gasteiger partial charge in [-0.15, -0.1) is 0 Å². The molecule has 0 aliphatic carbocycles. The lowest BCUT2D eigenvalue weighted by molar-refractivity contribution is -0.384. The second kappa shape index (κ2) is 5.94. The van der Waals surface area contributed by atoms with E-state index in [0.29, 0.717) is 0 Å². The van der Waals surface area contributed by atoms with Crippen LogP contribution in [-0.2, 0) is 9.84 Å². The fourth-order valence-corrected chi connectivity index (χ4v) is 2.88. The Labute approximate surface area is 120 Å². The molecule has 0 saturated heterocycles. The highest BCUT2D eigenvalue weighted by molar-refractivity contribution is 7.90. The number of nitro benzene ring substituents is 1. The maximum atomic E-state index is 11.2. The van der Waals surface area contributed by atoms with Crippen molar-refractivity contribution in [1.29, 1.82) is 0 Å². The minimum atomic E-state index is -3.19. The molecule has 1 aromatic rings. The van der Waals surface area contributed by atoms with Gasteiger partial charge in [-0.1, -0.05) is 23.2 Å². The van der Waals surface area contributed by atoms with E-state index in [4.69, 9.17) is 23.2 Å². The Morgan fingerprint density at radius 2 is 1.89 bits per heavy atom. The number of nitro groups is 1. The summed E-state index contributed by atoms with van der Waals surface area (Å²) in [5, 5.41) is 13.9. The number of hydrogen-bond donors (Lipinski definition) is 1. The van der Waals surface area contributed by atoms with Crippen LogP contribution in [0.5, 0.6) is 0 Å². The van der Waals surface area contributed by atoms with Crippen LogP contribution in [0.25, 0.3) is 0 Å². The van der Waals surface area contributed by atoms with Crippen LogP contribution < -0.4 is 5.32 Å². The Hall–Kier alpha value is -1.05. The van der Waals surface area contributed by atoms with Crippen molar-refractivity contribution in [2.45, 2.75) is 13.0 Å². The molecule has 0 saturated carbocycles. The third kappa shape index (κ3) is 4.85. The van der Waals surface area contributed by atoms with Crippen molar-refractivity contribution in [3.8, 4) is 0 Å². The van der Waals surface area contributed by atoms with Crippen molar-refractivity contribution >= 4 is 44.4 Å². The smallest absolute Gasteiger partial charge is 0.293 e. The Bertz CT molecular complexity index is 604. The van der Waals surface area contributed by atoms with Crippen molar-refractivity contribution in [2.75, 3.05) is 17.3 Å². The molecule has 0 fully saturated rings. The minimum Gasteiger partial charge on any atom is -0.376 e. The van der Waals surface area contributed by atoms with Gasteiger partial charge < -0.3 is 5.32 Å². The van der Waals surface area contributed by atoms with E-state index in [1.165, 1.54) is 6.07 Å². The molecule has 9 heteroatoms. The summed E-state index contributed by atoms with van der Waals surface area (Å²) >= 11 is 11.5. The normalized spacial score (nSPS) is 13.1. The molecule has 0 radical (unpaired) electrons. The fourth-order valence-electron chi connectivity index (χ4n) is 1.56. The first-order chi connectivity index (χ1) is 8.60. The summed E-state index contributed by atoms with van der Waals surface area (Å²) in [5.74, 6) is -0.148. The van der Waals surface area contributed by atoms with Crippen molar-refractivity contribution in [3.05, 3.63) is 32.3 Å². The summed E-state index contributed by atoms with van der Waals surface area (Å²) in [6.45, 7) is 1.60. The highest BCUT2D eigenvalue weighted by Gasteiger charge is 2.19. The van der Waals surface area contributed by atoms with Crippen LogP contribution in [0.4, 0.5) is 11.4 Å². The van der Waals surface area contributed by atoms with E-state index in [2.05, 4.69) is 5.32 Å². The SMILES string of the molecule is CC(CS(C)(=O)=O)Nc1cc(Cl)c(Cl)cc1[N+](=O)[O-]. The van der Waals surface area contributed by atoms with E-state index >= 15 is 0 Å². The van der Waals surface area contributed by atoms with Gasteiger partial charge in [0, 0.05) is 18.4 Å². The maximum absolute atomic E-state index is 11.2. The zero-order valence-corrected chi connectivity index (χ0v) is 12.5. The van der Waals surface area contributed by atoms with E-state index in [9.17, 15) is 18.5 Å².